The maximum Gasteiger partial charge on any atom is 0.234 e. The molecule has 126 valence electrons. The van der Waals surface area contributed by atoms with Gasteiger partial charge in [0.2, 0.25) is 5.91 Å². The molecule has 25 heavy (non-hydrogen) atoms. The van der Waals surface area contributed by atoms with E-state index in [1.165, 1.54) is 0 Å². The van der Waals surface area contributed by atoms with E-state index in [0.717, 1.165) is 22.4 Å². The minimum Gasteiger partial charge on any atom is -0.342 e. The normalized spacial score (nSPS) is 11.8. The zero-order valence-electron chi connectivity index (χ0n) is 13.9. The molecule has 0 radical (unpaired) electrons. The molecule has 2 N–H and O–H groups in total. The van der Waals surface area contributed by atoms with Crippen LogP contribution in [0.5, 0.6) is 0 Å². The lowest BCUT2D eigenvalue weighted by atomic mass is 10.1. The van der Waals surface area contributed by atoms with Crippen LogP contribution in [0.15, 0.2) is 54.6 Å². The molecule has 3 aromatic rings. The average Bonchev–Trinajstić information content (AvgIpc) is 2.98. The predicted molar refractivity (Wildman–Crippen MR) is 95.6 cm³/mol. The number of imidazole rings is 1. The van der Waals surface area contributed by atoms with E-state index < -0.39 is 0 Å². The van der Waals surface area contributed by atoms with E-state index in [1.807, 2.05) is 72.3 Å². The topological polar surface area (TPSA) is 82.7 Å². The first-order valence-corrected chi connectivity index (χ1v) is 8.04. The number of hydrogen-bond acceptors (Lipinski definition) is 4. The van der Waals surface area contributed by atoms with Crippen molar-refractivity contribution >= 4 is 16.9 Å². The quantitative estimate of drug-likeness (QED) is 0.675. The molecule has 6 nitrogen and oxygen atoms in total. The Labute approximate surface area is 146 Å². The van der Waals surface area contributed by atoms with E-state index in [2.05, 4.69) is 10.6 Å². The van der Waals surface area contributed by atoms with Crippen molar-refractivity contribution in [1.82, 2.24) is 20.2 Å². The fourth-order valence-corrected chi connectivity index (χ4v) is 2.82. The number of aryl methyl sites for hydroxylation is 1. The van der Waals surface area contributed by atoms with E-state index in [9.17, 15) is 4.79 Å². The summed E-state index contributed by atoms with van der Waals surface area (Å²) >= 11 is 0. The summed E-state index contributed by atoms with van der Waals surface area (Å²) in [6.07, 6.45) is 0. The molecule has 0 spiro atoms. The van der Waals surface area contributed by atoms with Crippen molar-refractivity contribution in [2.75, 3.05) is 13.1 Å². The summed E-state index contributed by atoms with van der Waals surface area (Å²) in [5.41, 5.74) is 2.97. The molecule has 3 rings (SSSR count). The fourth-order valence-electron chi connectivity index (χ4n) is 2.82. The summed E-state index contributed by atoms with van der Waals surface area (Å²) in [5, 5.41) is 14.4. The molecular formula is C19H19N5O. The van der Waals surface area contributed by atoms with Gasteiger partial charge in [0.1, 0.15) is 12.4 Å². The lowest BCUT2D eigenvalue weighted by Crippen LogP contribution is -2.37. The van der Waals surface area contributed by atoms with Crippen LogP contribution in [0.3, 0.4) is 0 Å². The summed E-state index contributed by atoms with van der Waals surface area (Å²) < 4.78 is 2.03. The van der Waals surface area contributed by atoms with Crippen LogP contribution in [0.25, 0.3) is 11.0 Å². The van der Waals surface area contributed by atoms with Gasteiger partial charge in [0.25, 0.3) is 0 Å². The van der Waals surface area contributed by atoms with Crippen molar-refractivity contribution in [1.29, 1.82) is 5.26 Å². The van der Waals surface area contributed by atoms with Crippen LogP contribution in [-0.2, 0) is 11.8 Å². The molecule has 1 heterocycles. The summed E-state index contributed by atoms with van der Waals surface area (Å²) in [6, 6.07) is 19.5. The van der Waals surface area contributed by atoms with Gasteiger partial charge < -0.3 is 9.88 Å². The van der Waals surface area contributed by atoms with E-state index in [4.69, 9.17) is 10.2 Å². The number of nitrogens with zero attached hydrogens (tertiary/aromatic N) is 3. The highest BCUT2D eigenvalue weighted by atomic mass is 16.1. The Kier molecular flexibility index (Phi) is 5.07. The number of benzene rings is 2. The van der Waals surface area contributed by atoms with Crippen molar-refractivity contribution in [2.45, 2.75) is 6.04 Å². The van der Waals surface area contributed by atoms with Crippen molar-refractivity contribution < 1.29 is 4.79 Å². The van der Waals surface area contributed by atoms with Gasteiger partial charge >= 0.3 is 0 Å². The van der Waals surface area contributed by atoms with Crippen LogP contribution in [0.1, 0.15) is 17.4 Å². The number of amides is 1. The van der Waals surface area contributed by atoms with Gasteiger partial charge in [0.15, 0.2) is 0 Å². The largest absolute Gasteiger partial charge is 0.342 e. The highest BCUT2D eigenvalue weighted by Gasteiger charge is 2.21. The van der Waals surface area contributed by atoms with Gasteiger partial charge in [0.05, 0.1) is 29.7 Å². The zero-order valence-corrected chi connectivity index (χ0v) is 13.9. The second kappa shape index (κ2) is 7.60. The number of fused-ring (bicyclic) bond motifs is 1. The van der Waals surface area contributed by atoms with Gasteiger partial charge in [-0.25, -0.2) is 4.98 Å². The molecule has 6 heteroatoms. The van der Waals surface area contributed by atoms with Crippen LogP contribution in [0.2, 0.25) is 0 Å². The molecule has 0 aliphatic carbocycles. The van der Waals surface area contributed by atoms with Gasteiger partial charge in [-0.3, -0.25) is 10.1 Å². The van der Waals surface area contributed by atoms with E-state index in [0.29, 0.717) is 0 Å². The molecule has 0 bridgehead atoms. The van der Waals surface area contributed by atoms with Gasteiger partial charge in [-0.1, -0.05) is 42.5 Å². The Hall–Kier alpha value is -3.17. The molecule has 0 aliphatic rings. The third-order valence-electron chi connectivity index (χ3n) is 4.04. The highest BCUT2D eigenvalue weighted by Crippen LogP contribution is 2.24. The number of hydrogen-bond donors (Lipinski definition) is 2. The summed E-state index contributed by atoms with van der Waals surface area (Å²) in [5.74, 6) is 0.613. The third kappa shape index (κ3) is 3.67. The Morgan fingerprint density at radius 3 is 2.64 bits per heavy atom. The lowest BCUT2D eigenvalue weighted by Gasteiger charge is -2.19. The maximum atomic E-state index is 11.9. The molecule has 0 aliphatic heterocycles. The number of rotatable bonds is 6. The van der Waals surface area contributed by atoms with Gasteiger partial charge in [-0.2, -0.15) is 5.26 Å². The van der Waals surface area contributed by atoms with Gasteiger partial charge in [-0.05, 0) is 17.7 Å². The number of para-hydroxylation sites is 2. The number of carbonyl (C=O) groups is 1. The first kappa shape index (κ1) is 16.7. The van der Waals surface area contributed by atoms with E-state index in [1.54, 1.807) is 0 Å². The average molecular weight is 333 g/mol. The summed E-state index contributed by atoms with van der Waals surface area (Å²) in [6.45, 7) is 0.104. The maximum absolute atomic E-state index is 11.9. The number of aromatic nitrogens is 2. The number of nitrogens with one attached hydrogen (secondary N) is 2. The second-order valence-corrected chi connectivity index (χ2v) is 5.68. The first-order chi connectivity index (χ1) is 12.2. The van der Waals surface area contributed by atoms with E-state index in [-0.39, 0.29) is 25.0 Å². The zero-order chi connectivity index (χ0) is 17.6. The smallest absolute Gasteiger partial charge is 0.234 e. The fraction of sp³-hybridized carbons (Fsp3) is 0.211. The van der Waals surface area contributed by atoms with Crippen molar-refractivity contribution in [3.8, 4) is 6.07 Å². The molecule has 1 atom stereocenters. The summed E-state index contributed by atoms with van der Waals surface area (Å²) in [7, 11) is 1.97. The Bertz CT molecular complexity index is 910. The molecule has 1 amide bonds. The standard InChI is InChI=1S/C19H19N5O/c1-24-16-10-6-5-9-15(16)23-19(24)18(14-7-3-2-4-8-14)22-13-17(25)21-12-11-20/h2-10,18,22H,12-13H2,1H3,(H,21,25). The lowest BCUT2D eigenvalue weighted by molar-refractivity contribution is -0.120. The van der Waals surface area contributed by atoms with Crippen molar-refractivity contribution in [3.05, 3.63) is 66.0 Å². The number of carbonyl (C=O) groups excluding carboxylic acids is 1. The molecule has 0 saturated heterocycles. The van der Waals surface area contributed by atoms with E-state index >= 15 is 0 Å². The Morgan fingerprint density at radius 1 is 1.20 bits per heavy atom. The summed E-state index contributed by atoms with van der Waals surface area (Å²) in [4.78, 5) is 16.6. The number of nitriles is 1. The van der Waals surface area contributed by atoms with Crippen LogP contribution < -0.4 is 10.6 Å². The SMILES string of the molecule is Cn1c(C(NCC(=O)NCC#N)c2ccccc2)nc2ccccc21. The monoisotopic (exact) mass is 333 g/mol. The van der Waals surface area contributed by atoms with Gasteiger partial charge in [-0.15, -0.1) is 0 Å². The minimum absolute atomic E-state index is 0.00279. The Balaban J connectivity index is 1.92. The predicted octanol–water partition coefficient (Wildman–Crippen LogP) is 1.89. The van der Waals surface area contributed by atoms with Gasteiger partial charge in [0, 0.05) is 7.05 Å². The minimum atomic E-state index is -0.230. The Morgan fingerprint density at radius 2 is 1.92 bits per heavy atom. The van der Waals surface area contributed by atoms with Crippen molar-refractivity contribution in [2.24, 2.45) is 7.05 Å². The molecular weight excluding hydrogens is 314 g/mol. The third-order valence-corrected chi connectivity index (χ3v) is 4.04. The highest BCUT2D eigenvalue weighted by molar-refractivity contribution is 5.78. The van der Waals surface area contributed by atoms with Crippen LogP contribution in [0, 0.1) is 11.3 Å². The molecule has 1 aromatic heterocycles. The van der Waals surface area contributed by atoms with Crippen molar-refractivity contribution in [3.63, 3.8) is 0 Å². The molecule has 2 aromatic carbocycles. The first-order valence-electron chi connectivity index (χ1n) is 8.04. The molecule has 0 saturated carbocycles. The molecule has 0 fully saturated rings. The molecule has 1 unspecified atom stereocenters. The second-order valence-electron chi connectivity index (χ2n) is 5.68. The van der Waals surface area contributed by atoms with Crippen LogP contribution >= 0.6 is 0 Å². The van der Waals surface area contributed by atoms with Crippen LogP contribution in [-0.4, -0.2) is 28.5 Å². The van der Waals surface area contributed by atoms with Crippen LogP contribution in [0.4, 0.5) is 0 Å².